The summed E-state index contributed by atoms with van der Waals surface area (Å²) in [5, 5.41) is 4.75. The summed E-state index contributed by atoms with van der Waals surface area (Å²) in [5.74, 6) is -2.20. The summed E-state index contributed by atoms with van der Waals surface area (Å²) in [5.41, 5.74) is 1.66. The number of benzene rings is 1. The first-order chi connectivity index (χ1) is 12.4. The van der Waals surface area contributed by atoms with Crippen LogP contribution in [-0.4, -0.2) is 23.3 Å². The van der Waals surface area contributed by atoms with Crippen molar-refractivity contribution in [2.75, 3.05) is 6.54 Å². The zero-order valence-electron chi connectivity index (χ0n) is 14.4. The Hall–Kier alpha value is -2.28. The van der Waals surface area contributed by atoms with Crippen LogP contribution < -0.4 is 5.32 Å². The number of halogens is 2. The minimum atomic E-state index is -0.948. The number of carbonyl (C=O) groups excluding carboxylic acids is 2. The van der Waals surface area contributed by atoms with Crippen LogP contribution in [0.15, 0.2) is 29.6 Å². The predicted octanol–water partition coefficient (Wildman–Crippen LogP) is 3.57. The minimum Gasteiger partial charge on any atom is -0.350 e. The molecule has 2 aromatic rings. The summed E-state index contributed by atoms with van der Waals surface area (Å²) in [7, 11) is 0. The highest BCUT2D eigenvalue weighted by Crippen LogP contribution is 2.24. The van der Waals surface area contributed by atoms with Crippen molar-refractivity contribution in [2.24, 2.45) is 0 Å². The molecule has 0 spiro atoms. The van der Waals surface area contributed by atoms with Gasteiger partial charge in [-0.3, -0.25) is 9.59 Å². The quantitative estimate of drug-likeness (QED) is 0.865. The highest BCUT2D eigenvalue weighted by atomic mass is 32.1. The van der Waals surface area contributed by atoms with Gasteiger partial charge >= 0.3 is 0 Å². The molecule has 2 amide bonds. The van der Waals surface area contributed by atoms with Crippen molar-refractivity contribution in [3.05, 3.63) is 57.3 Å². The molecule has 1 atom stereocenters. The van der Waals surface area contributed by atoms with Crippen LogP contribution in [0.4, 0.5) is 8.78 Å². The van der Waals surface area contributed by atoms with Crippen LogP contribution >= 0.6 is 11.3 Å². The average Bonchev–Trinajstić information content (AvgIpc) is 3.09. The predicted molar refractivity (Wildman–Crippen MR) is 95.6 cm³/mol. The Bertz CT molecular complexity index is 822. The maximum absolute atomic E-state index is 13.3. The first-order valence-electron chi connectivity index (χ1n) is 8.51. The third-order valence-corrected chi connectivity index (χ3v) is 5.57. The normalized spacial score (nSPS) is 14.7. The van der Waals surface area contributed by atoms with Crippen molar-refractivity contribution in [2.45, 2.75) is 38.8 Å². The van der Waals surface area contributed by atoms with Crippen LogP contribution in [-0.2, 0) is 22.6 Å². The molecule has 2 heterocycles. The number of thiophene rings is 1. The van der Waals surface area contributed by atoms with Gasteiger partial charge < -0.3 is 10.2 Å². The van der Waals surface area contributed by atoms with Crippen molar-refractivity contribution in [1.82, 2.24) is 10.2 Å². The lowest BCUT2D eigenvalue weighted by Gasteiger charge is -2.27. The molecule has 0 unspecified atom stereocenters. The molecule has 0 fully saturated rings. The molecule has 4 nitrogen and oxygen atoms in total. The van der Waals surface area contributed by atoms with Gasteiger partial charge in [-0.05, 0) is 48.1 Å². The maximum Gasteiger partial charge on any atom is 0.223 e. The zero-order chi connectivity index (χ0) is 18.7. The number of nitrogens with one attached hydrogen (secondary N) is 1. The summed E-state index contributed by atoms with van der Waals surface area (Å²) in [6, 6.07) is 5.11. The summed E-state index contributed by atoms with van der Waals surface area (Å²) >= 11 is 1.71. The van der Waals surface area contributed by atoms with E-state index in [1.54, 1.807) is 23.2 Å². The molecule has 3 rings (SSSR count). The minimum absolute atomic E-state index is 0.0440. The van der Waals surface area contributed by atoms with Gasteiger partial charge in [-0.15, -0.1) is 11.3 Å². The molecular formula is C19H20F2N2O2S. The summed E-state index contributed by atoms with van der Waals surface area (Å²) < 4.78 is 26.3. The van der Waals surface area contributed by atoms with Crippen LogP contribution in [0.25, 0.3) is 0 Å². The van der Waals surface area contributed by atoms with Crippen LogP contribution in [0, 0.1) is 11.6 Å². The van der Waals surface area contributed by atoms with E-state index >= 15 is 0 Å². The van der Waals surface area contributed by atoms with Gasteiger partial charge in [0.1, 0.15) is 0 Å². The summed E-state index contributed by atoms with van der Waals surface area (Å²) in [4.78, 5) is 27.5. The van der Waals surface area contributed by atoms with Gasteiger partial charge in [0.2, 0.25) is 11.8 Å². The Morgan fingerprint density at radius 3 is 2.81 bits per heavy atom. The Balaban J connectivity index is 1.47. The molecule has 1 aliphatic heterocycles. The van der Waals surface area contributed by atoms with Crippen LogP contribution in [0.2, 0.25) is 0 Å². The fraction of sp³-hybridized carbons (Fsp3) is 0.368. The number of nitrogens with zero attached hydrogens (tertiary/aromatic N) is 1. The number of hydrogen-bond acceptors (Lipinski definition) is 3. The van der Waals surface area contributed by atoms with Crippen LogP contribution in [0.1, 0.15) is 41.8 Å². The van der Waals surface area contributed by atoms with Crippen molar-refractivity contribution < 1.29 is 18.4 Å². The molecular weight excluding hydrogens is 358 g/mol. The standard InChI is InChI=1S/C19H20F2N2O2S/c1-12(13-2-3-15(20)16(21)10-13)22-18(24)4-5-19(25)23-8-6-17-14(11-23)7-9-26-17/h2-3,7,9-10,12H,4-6,8,11H2,1H3,(H,22,24)/t12-/m1/s1. The van der Waals surface area contributed by atoms with Gasteiger partial charge in [-0.25, -0.2) is 8.78 Å². The molecule has 1 aromatic heterocycles. The van der Waals surface area contributed by atoms with E-state index < -0.39 is 17.7 Å². The topological polar surface area (TPSA) is 49.4 Å². The lowest BCUT2D eigenvalue weighted by Crippen LogP contribution is -2.36. The van der Waals surface area contributed by atoms with Gasteiger partial charge in [-0.2, -0.15) is 0 Å². The van der Waals surface area contributed by atoms with E-state index in [0.29, 0.717) is 18.7 Å². The summed E-state index contributed by atoms with van der Waals surface area (Å²) in [6.45, 7) is 2.97. The fourth-order valence-corrected chi connectivity index (χ4v) is 3.91. The second kappa shape index (κ2) is 7.95. The SMILES string of the molecule is C[C@@H](NC(=O)CCC(=O)N1CCc2sccc2C1)c1ccc(F)c(F)c1. The molecule has 7 heteroatoms. The molecule has 0 saturated carbocycles. The van der Waals surface area contributed by atoms with E-state index in [-0.39, 0.29) is 24.7 Å². The van der Waals surface area contributed by atoms with E-state index in [1.807, 2.05) is 11.4 Å². The molecule has 1 aromatic carbocycles. The van der Waals surface area contributed by atoms with Gasteiger partial charge in [-0.1, -0.05) is 6.07 Å². The number of fused-ring (bicyclic) bond motifs is 1. The lowest BCUT2D eigenvalue weighted by atomic mass is 10.1. The van der Waals surface area contributed by atoms with Crippen molar-refractivity contribution >= 4 is 23.2 Å². The number of amides is 2. The van der Waals surface area contributed by atoms with Gasteiger partial charge in [0.05, 0.1) is 6.04 Å². The van der Waals surface area contributed by atoms with Crippen LogP contribution in [0.5, 0.6) is 0 Å². The number of carbonyl (C=O) groups is 2. The first-order valence-corrected chi connectivity index (χ1v) is 9.39. The molecule has 0 saturated heterocycles. The van der Waals surface area contributed by atoms with Crippen molar-refractivity contribution in [1.29, 1.82) is 0 Å². The highest BCUT2D eigenvalue weighted by molar-refractivity contribution is 7.10. The van der Waals surface area contributed by atoms with Gasteiger partial charge in [0, 0.05) is 30.8 Å². The van der Waals surface area contributed by atoms with Crippen LogP contribution in [0.3, 0.4) is 0 Å². The fourth-order valence-electron chi connectivity index (χ4n) is 3.02. The van der Waals surface area contributed by atoms with Gasteiger partial charge in [0.15, 0.2) is 11.6 Å². The van der Waals surface area contributed by atoms with E-state index in [0.717, 1.165) is 18.6 Å². The molecule has 138 valence electrons. The molecule has 0 bridgehead atoms. The molecule has 0 aliphatic carbocycles. The first kappa shape index (κ1) is 18.5. The molecule has 1 N–H and O–H groups in total. The second-order valence-electron chi connectivity index (χ2n) is 6.40. The third kappa shape index (κ3) is 4.27. The molecule has 26 heavy (non-hydrogen) atoms. The van der Waals surface area contributed by atoms with E-state index in [2.05, 4.69) is 5.32 Å². The molecule has 1 aliphatic rings. The Morgan fingerprint density at radius 2 is 2.04 bits per heavy atom. The number of hydrogen-bond donors (Lipinski definition) is 1. The lowest BCUT2D eigenvalue weighted by molar-refractivity contribution is -0.134. The smallest absolute Gasteiger partial charge is 0.223 e. The number of rotatable bonds is 5. The third-order valence-electron chi connectivity index (χ3n) is 4.55. The Morgan fingerprint density at radius 1 is 1.23 bits per heavy atom. The summed E-state index contributed by atoms with van der Waals surface area (Å²) in [6.07, 6.45) is 1.06. The Kier molecular flexibility index (Phi) is 5.66. The average molecular weight is 378 g/mol. The molecule has 0 radical (unpaired) electrons. The van der Waals surface area contributed by atoms with E-state index in [4.69, 9.17) is 0 Å². The largest absolute Gasteiger partial charge is 0.350 e. The zero-order valence-corrected chi connectivity index (χ0v) is 15.2. The highest BCUT2D eigenvalue weighted by Gasteiger charge is 2.22. The van der Waals surface area contributed by atoms with E-state index in [9.17, 15) is 18.4 Å². The monoisotopic (exact) mass is 378 g/mol. The van der Waals surface area contributed by atoms with Gasteiger partial charge in [0.25, 0.3) is 0 Å². The second-order valence-corrected chi connectivity index (χ2v) is 7.40. The van der Waals surface area contributed by atoms with E-state index in [1.165, 1.54) is 16.5 Å². The van der Waals surface area contributed by atoms with Crippen molar-refractivity contribution in [3.8, 4) is 0 Å². The Labute approximate surface area is 154 Å². The maximum atomic E-state index is 13.3. The van der Waals surface area contributed by atoms with Crippen molar-refractivity contribution in [3.63, 3.8) is 0 Å².